The van der Waals surface area contributed by atoms with E-state index in [4.69, 9.17) is 12.2 Å². The van der Waals surface area contributed by atoms with Gasteiger partial charge in [-0.2, -0.15) is 0 Å². The summed E-state index contributed by atoms with van der Waals surface area (Å²) >= 11 is 7.47. The number of hydrogen-bond donors (Lipinski definition) is 2. The van der Waals surface area contributed by atoms with Crippen LogP contribution in [0.4, 0.5) is 5.69 Å². The molecule has 0 radical (unpaired) electrons. The molecule has 0 spiro atoms. The molecule has 0 unspecified atom stereocenters. The van der Waals surface area contributed by atoms with Gasteiger partial charge in [-0.05, 0) is 89.6 Å². The summed E-state index contributed by atoms with van der Waals surface area (Å²) < 4.78 is 1.16. The van der Waals surface area contributed by atoms with Crippen molar-refractivity contribution in [2.45, 2.75) is 20.3 Å². The van der Waals surface area contributed by atoms with Crippen LogP contribution in [0.2, 0.25) is 0 Å². The number of amides is 1. The molecule has 2 rings (SSSR count). The van der Waals surface area contributed by atoms with Crippen LogP contribution < -0.4 is 10.6 Å². The number of hydrogen-bond acceptors (Lipinski definition) is 2. The Morgan fingerprint density at radius 2 is 1.86 bits per heavy atom. The van der Waals surface area contributed by atoms with Gasteiger partial charge in [-0.25, -0.2) is 0 Å². The van der Waals surface area contributed by atoms with Gasteiger partial charge >= 0.3 is 0 Å². The topological polar surface area (TPSA) is 41.1 Å². The van der Waals surface area contributed by atoms with Gasteiger partial charge in [0.1, 0.15) is 0 Å². The van der Waals surface area contributed by atoms with E-state index >= 15 is 0 Å². The lowest BCUT2D eigenvalue weighted by Crippen LogP contribution is -2.34. The van der Waals surface area contributed by atoms with Crippen molar-refractivity contribution in [1.29, 1.82) is 0 Å². The lowest BCUT2D eigenvalue weighted by Gasteiger charge is -2.12. The number of carbonyl (C=O) groups excluding carboxylic acids is 1. The molecule has 2 aromatic carbocycles. The Morgan fingerprint density at radius 1 is 1.18 bits per heavy atom. The maximum absolute atomic E-state index is 12.1. The molecule has 0 atom stereocenters. The lowest BCUT2D eigenvalue weighted by molar-refractivity contribution is 0.0977. The van der Waals surface area contributed by atoms with Gasteiger partial charge in [0.25, 0.3) is 5.91 Å². The van der Waals surface area contributed by atoms with Crippen molar-refractivity contribution >= 4 is 51.5 Å². The second-order valence-corrected chi connectivity index (χ2v) is 6.57. The average molecular weight is 424 g/mol. The van der Waals surface area contributed by atoms with E-state index in [0.29, 0.717) is 10.7 Å². The first-order chi connectivity index (χ1) is 10.5. The van der Waals surface area contributed by atoms with Gasteiger partial charge in [0.2, 0.25) is 0 Å². The molecule has 114 valence electrons. The zero-order valence-electron chi connectivity index (χ0n) is 12.4. The van der Waals surface area contributed by atoms with E-state index in [2.05, 4.69) is 46.2 Å². The van der Waals surface area contributed by atoms with Crippen LogP contribution in [0.15, 0.2) is 42.5 Å². The quantitative estimate of drug-likeness (QED) is 0.571. The predicted molar refractivity (Wildman–Crippen MR) is 103 cm³/mol. The summed E-state index contributed by atoms with van der Waals surface area (Å²) in [5.41, 5.74) is 3.77. The van der Waals surface area contributed by atoms with E-state index in [1.807, 2.05) is 43.3 Å². The SMILES string of the molecule is CCc1ccc(C(=O)NC(=S)Nc2ccc(I)cc2C)cc1. The molecule has 22 heavy (non-hydrogen) atoms. The molecule has 0 saturated heterocycles. The number of halogens is 1. The third-order valence-corrected chi connectivity index (χ3v) is 4.16. The minimum Gasteiger partial charge on any atom is -0.332 e. The molecule has 2 N–H and O–H groups in total. The first-order valence-electron chi connectivity index (χ1n) is 6.97. The summed E-state index contributed by atoms with van der Waals surface area (Å²) in [4.78, 5) is 12.1. The number of carbonyl (C=O) groups is 1. The van der Waals surface area contributed by atoms with Crippen molar-refractivity contribution in [3.63, 3.8) is 0 Å². The molecule has 0 aliphatic heterocycles. The van der Waals surface area contributed by atoms with Crippen LogP contribution in [-0.4, -0.2) is 11.0 Å². The van der Waals surface area contributed by atoms with Crippen molar-refractivity contribution in [3.8, 4) is 0 Å². The van der Waals surface area contributed by atoms with E-state index in [1.54, 1.807) is 0 Å². The summed E-state index contributed by atoms with van der Waals surface area (Å²) in [6.45, 7) is 4.08. The van der Waals surface area contributed by atoms with Crippen molar-refractivity contribution in [2.75, 3.05) is 5.32 Å². The Bertz CT molecular complexity index is 698. The number of benzene rings is 2. The van der Waals surface area contributed by atoms with Crippen LogP contribution in [-0.2, 0) is 6.42 Å². The summed E-state index contributed by atoms with van der Waals surface area (Å²) in [5, 5.41) is 6.06. The van der Waals surface area contributed by atoms with Gasteiger partial charge in [-0.15, -0.1) is 0 Å². The van der Waals surface area contributed by atoms with Crippen LogP contribution in [0.3, 0.4) is 0 Å². The Balaban J connectivity index is 2.00. The molecule has 0 fully saturated rings. The molecule has 0 heterocycles. The summed E-state index contributed by atoms with van der Waals surface area (Å²) in [5.74, 6) is -0.205. The molecular formula is C17H17IN2OS. The monoisotopic (exact) mass is 424 g/mol. The highest BCUT2D eigenvalue weighted by Crippen LogP contribution is 2.17. The Kier molecular flexibility index (Phi) is 5.90. The Labute approximate surface area is 149 Å². The highest BCUT2D eigenvalue weighted by atomic mass is 127. The van der Waals surface area contributed by atoms with Gasteiger partial charge < -0.3 is 5.32 Å². The average Bonchev–Trinajstić information content (AvgIpc) is 2.50. The zero-order valence-corrected chi connectivity index (χ0v) is 15.4. The summed E-state index contributed by atoms with van der Waals surface area (Å²) in [7, 11) is 0. The molecule has 0 aliphatic carbocycles. The number of anilines is 1. The standard InChI is InChI=1S/C17H17IN2OS/c1-3-12-4-6-13(7-5-12)16(21)20-17(22)19-15-9-8-14(18)10-11(15)2/h4-10H,3H2,1-2H3,(H2,19,20,21,22). The van der Waals surface area contributed by atoms with E-state index in [-0.39, 0.29) is 5.91 Å². The molecule has 0 aromatic heterocycles. The Hall–Kier alpha value is -1.47. The molecule has 5 heteroatoms. The maximum Gasteiger partial charge on any atom is 0.257 e. The predicted octanol–water partition coefficient (Wildman–Crippen LogP) is 4.29. The zero-order chi connectivity index (χ0) is 16.1. The fourth-order valence-corrected chi connectivity index (χ4v) is 2.84. The number of thiocarbonyl (C=S) groups is 1. The highest BCUT2D eigenvalue weighted by molar-refractivity contribution is 14.1. The van der Waals surface area contributed by atoms with E-state index in [0.717, 1.165) is 21.2 Å². The molecular weight excluding hydrogens is 407 g/mol. The summed E-state index contributed by atoms with van der Waals surface area (Å²) in [6.07, 6.45) is 0.952. The van der Waals surface area contributed by atoms with Crippen molar-refractivity contribution < 1.29 is 4.79 Å². The van der Waals surface area contributed by atoms with Crippen LogP contribution in [0.1, 0.15) is 28.4 Å². The smallest absolute Gasteiger partial charge is 0.257 e. The second kappa shape index (κ2) is 7.69. The third-order valence-electron chi connectivity index (χ3n) is 3.29. The van der Waals surface area contributed by atoms with E-state index in [9.17, 15) is 4.79 Å². The molecule has 0 bridgehead atoms. The van der Waals surface area contributed by atoms with Crippen LogP contribution in [0.5, 0.6) is 0 Å². The number of rotatable bonds is 3. The fraction of sp³-hybridized carbons (Fsp3) is 0.176. The lowest BCUT2D eigenvalue weighted by atomic mass is 10.1. The van der Waals surface area contributed by atoms with Crippen LogP contribution in [0, 0.1) is 10.5 Å². The van der Waals surface area contributed by atoms with Gasteiger partial charge in [0, 0.05) is 14.8 Å². The van der Waals surface area contributed by atoms with Gasteiger partial charge in [-0.3, -0.25) is 10.1 Å². The third kappa shape index (κ3) is 4.51. The maximum atomic E-state index is 12.1. The number of aryl methyl sites for hydroxylation is 2. The molecule has 0 saturated carbocycles. The Morgan fingerprint density at radius 3 is 2.45 bits per heavy atom. The van der Waals surface area contributed by atoms with E-state index in [1.165, 1.54) is 5.56 Å². The van der Waals surface area contributed by atoms with Gasteiger partial charge in [0.15, 0.2) is 5.11 Å². The van der Waals surface area contributed by atoms with Crippen LogP contribution >= 0.6 is 34.8 Å². The van der Waals surface area contributed by atoms with E-state index < -0.39 is 0 Å². The van der Waals surface area contributed by atoms with Crippen molar-refractivity contribution in [3.05, 3.63) is 62.7 Å². The minimum atomic E-state index is -0.205. The van der Waals surface area contributed by atoms with Crippen molar-refractivity contribution in [1.82, 2.24) is 5.32 Å². The molecule has 2 aromatic rings. The first kappa shape index (κ1) is 16.9. The van der Waals surface area contributed by atoms with Crippen LogP contribution in [0.25, 0.3) is 0 Å². The number of nitrogens with one attached hydrogen (secondary N) is 2. The molecule has 0 aliphatic rings. The van der Waals surface area contributed by atoms with Gasteiger partial charge in [-0.1, -0.05) is 19.1 Å². The first-order valence-corrected chi connectivity index (χ1v) is 8.45. The molecule has 1 amide bonds. The fourth-order valence-electron chi connectivity index (χ4n) is 1.99. The normalized spacial score (nSPS) is 10.1. The minimum absolute atomic E-state index is 0.205. The highest BCUT2D eigenvalue weighted by Gasteiger charge is 2.08. The van der Waals surface area contributed by atoms with Gasteiger partial charge in [0.05, 0.1) is 0 Å². The largest absolute Gasteiger partial charge is 0.332 e. The summed E-state index contributed by atoms with van der Waals surface area (Å²) in [6, 6.07) is 13.5. The van der Waals surface area contributed by atoms with Crippen molar-refractivity contribution in [2.24, 2.45) is 0 Å². The molecule has 3 nitrogen and oxygen atoms in total. The second-order valence-electron chi connectivity index (χ2n) is 4.92.